The van der Waals surface area contributed by atoms with Crippen molar-refractivity contribution in [3.05, 3.63) is 34.9 Å². The summed E-state index contributed by atoms with van der Waals surface area (Å²) in [5.74, 6) is 0.820. The van der Waals surface area contributed by atoms with Gasteiger partial charge < -0.3 is 14.4 Å². The Bertz CT molecular complexity index is 686. The smallest absolute Gasteiger partial charge is 0.305 e. The van der Waals surface area contributed by atoms with Crippen molar-refractivity contribution in [2.45, 2.75) is 27.2 Å². The van der Waals surface area contributed by atoms with Crippen LogP contribution in [0.1, 0.15) is 35.7 Å². The van der Waals surface area contributed by atoms with Gasteiger partial charge in [-0.3, -0.25) is 9.59 Å². The highest BCUT2D eigenvalue weighted by Gasteiger charge is 2.20. The van der Waals surface area contributed by atoms with Gasteiger partial charge in [0.1, 0.15) is 11.5 Å². The van der Waals surface area contributed by atoms with Crippen molar-refractivity contribution in [2.24, 2.45) is 5.92 Å². The van der Waals surface area contributed by atoms with Crippen molar-refractivity contribution in [1.29, 1.82) is 0 Å². The molecule has 0 aromatic carbocycles. The number of carboxylic acid groups (broad SMARTS) is 1. The zero-order valence-electron chi connectivity index (χ0n) is 13.5. The van der Waals surface area contributed by atoms with Crippen LogP contribution in [0.3, 0.4) is 0 Å². The van der Waals surface area contributed by atoms with Gasteiger partial charge in [0, 0.05) is 13.1 Å². The van der Waals surface area contributed by atoms with Crippen molar-refractivity contribution in [3.8, 4) is 10.6 Å². The van der Waals surface area contributed by atoms with E-state index >= 15 is 0 Å². The molecule has 0 spiro atoms. The first-order chi connectivity index (χ1) is 10.9. The summed E-state index contributed by atoms with van der Waals surface area (Å²) in [6, 6.07) is 7.40. The van der Waals surface area contributed by atoms with E-state index in [1.165, 1.54) is 11.3 Å². The summed E-state index contributed by atoms with van der Waals surface area (Å²) in [6.45, 7) is 6.65. The molecule has 0 saturated heterocycles. The highest BCUT2D eigenvalue weighted by atomic mass is 32.1. The van der Waals surface area contributed by atoms with Gasteiger partial charge in [0.15, 0.2) is 0 Å². The normalized spacial score (nSPS) is 11.0. The quantitative estimate of drug-likeness (QED) is 0.833. The number of nitrogens with zero attached hydrogens (tertiary/aromatic N) is 1. The molecule has 0 unspecified atom stereocenters. The molecule has 0 aliphatic heterocycles. The number of hydrogen-bond acceptors (Lipinski definition) is 4. The Hall–Kier alpha value is -2.08. The van der Waals surface area contributed by atoms with Crippen LogP contribution in [0, 0.1) is 12.8 Å². The molecule has 0 bridgehead atoms. The van der Waals surface area contributed by atoms with Crippen molar-refractivity contribution in [1.82, 2.24) is 4.90 Å². The Kier molecular flexibility index (Phi) is 5.60. The summed E-state index contributed by atoms with van der Waals surface area (Å²) >= 11 is 1.36. The summed E-state index contributed by atoms with van der Waals surface area (Å²) in [4.78, 5) is 26.6. The number of thiophene rings is 1. The van der Waals surface area contributed by atoms with E-state index in [0.717, 1.165) is 16.4 Å². The van der Waals surface area contributed by atoms with Crippen molar-refractivity contribution < 1.29 is 19.1 Å². The SMILES string of the molecule is Cc1ccc(-c2ccc(C(=O)N(CCC(=O)O)CC(C)C)s2)o1. The molecular formula is C17H21NO4S. The molecule has 5 nitrogen and oxygen atoms in total. The summed E-state index contributed by atoms with van der Waals surface area (Å²) in [6.07, 6.45) is -0.0475. The number of carbonyl (C=O) groups is 2. The number of furan rings is 1. The number of amides is 1. The molecule has 6 heteroatoms. The lowest BCUT2D eigenvalue weighted by atomic mass is 10.2. The lowest BCUT2D eigenvalue weighted by molar-refractivity contribution is -0.137. The van der Waals surface area contributed by atoms with Crippen LogP contribution in [0.2, 0.25) is 0 Å². The summed E-state index contributed by atoms with van der Waals surface area (Å²) in [5, 5.41) is 8.86. The number of aryl methyl sites for hydroxylation is 1. The van der Waals surface area contributed by atoms with Gasteiger partial charge in [-0.25, -0.2) is 0 Å². The Balaban J connectivity index is 2.15. The Morgan fingerprint density at radius 2 is 2.00 bits per heavy atom. The second kappa shape index (κ2) is 7.46. The standard InChI is InChI=1S/C17H21NO4S/c1-11(2)10-18(9-8-16(19)20)17(21)15-7-6-14(23-15)13-5-4-12(3)22-13/h4-7,11H,8-10H2,1-3H3,(H,19,20). The molecule has 0 radical (unpaired) electrons. The molecule has 2 rings (SSSR count). The zero-order chi connectivity index (χ0) is 17.0. The summed E-state index contributed by atoms with van der Waals surface area (Å²) < 4.78 is 5.57. The van der Waals surface area contributed by atoms with E-state index < -0.39 is 5.97 Å². The van der Waals surface area contributed by atoms with E-state index in [-0.39, 0.29) is 24.8 Å². The number of hydrogen-bond donors (Lipinski definition) is 1. The lowest BCUT2D eigenvalue weighted by Gasteiger charge is -2.23. The average Bonchev–Trinajstić information content (AvgIpc) is 3.10. The largest absolute Gasteiger partial charge is 0.481 e. The second-order valence-electron chi connectivity index (χ2n) is 5.86. The summed E-state index contributed by atoms with van der Waals surface area (Å²) in [5.41, 5.74) is 0. The minimum absolute atomic E-state index is 0.0475. The van der Waals surface area contributed by atoms with Crippen LogP contribution < -0.4 is 0 Å². The lowest BCUT2D eigenvalue weighted by Crippen LogP contribution is -2.35. The topological polar surface area (TPSA) is 70.8 Å². The molecule has 0 fully saturated rings. The molecule has 23 heavy (non-hydrogen) atoms. The van der Waals surface area contributed by atoms with Gasteiger partial charge in [0.25, 0.3) is 5.91 Å². The molecule has 0 aliphatic rings. The molecule has 0 aliphatic carbocycles. The predicted molar refractivity (Wildman–Crippen MR) is 89.8 cm³/mol. The van der Waals surface area contributed by atoms with Crippen LogP contribution in [0.25, 0.3) is 10.6 Å². The van der Waals surface area contributed by atoms with Gasteiger partial charge in [-0.2, -0.15) is 0 Å². The van der Waals surface area contributed by atoms with E-state index in [9.17, 15) is 9.59 Å². The van der Waals surface area contributed by atoms with Gasteiger partial charge in [0.2, 0.25) is 0 Å². The van der Waals surface area contributed by atoms with E-state index in [4.69, 9.17) is 9.52 Å². The van der Waals surface area contributed by atoms with Crippen molar-refractivity contribution in [2.75, 3.05) is 13.1 Å². The Morgan fingerprint density at radius 3 is 2.57 bits per heavy atom. The van der Waals surface area contributed by atoms with Gasteiger partial charge in [-0.1, -0.05) is 13.8 Å². The number of aliphatic carboxylic acids is 1. The minimum Gasteiger partial charge on any atom is -0.481 e. The van der Waals surface area contributed by atoms with E-state index in [2.05, 4.69) is 0 Å². The first-order valence-corrected chi connectivity index (χ1v) is 8.36. The van der Waals surface area contributed by atoms with Crippen LogP contribution in [-0.4, -0.2) is 35.0 Å². The maximum absolute atomic E-state index is 12.7. The van der Waals surface area contributed by atoms with Crippen LogP contribution in [0.4, 0.5) is 0 Å². The summed E-state index contributed by atoms with van der Waals surface area (Å²) in [7, 11) is 0. The van der Waals surface area contributed by atoms with Gasteiger partial charge in [-0.05, 0) is 37.1 Å². The molecular weight excluding hydrogens is 314 g/mol. The van der Waals surface area contributed by atoms with Crippen LogP contribution in [-0.2, 0) is 4.79 Å². The molecule has 0 saturated carbocycles. The van der Waals surface area contributed by atoms with E-state index in [1.54, 1.807) is 11.0 Å². The number of carbonyl (C=O) groups excluding carboxylic acids is 1. The molecule has 2 aromatic heterocycles. The van der Waals surface area contributed by atoms with E-state index in [0.29, 0.717) is 11.4 Å². The van der Waals surface area contributed by atoms with Crippen LogP contribution in [0.15, 0.2) is 28.7 Å². The average molecular weight is 335 g/mol. The third-order valence-electron chi connectivity index (χ3n) is 3.27. The maximum atomic E-state index is 12.7. The molecule has 1 amide bonds. The van der Waals surface area contributed by atoms with Crippen molar-refractivity contribution >= 4 is 23.2 Å². The molecule has 124 valence electrons. The predicted octanol–water partition coefficient (Wildman–Crippen LogP) is 3.89. The first-order valence-electron chi connectivity index (χ1n) is 7.54. The van der Waals surface area contributed by atoms with Crippen LogP contribution >= 0.6 is 11.3 Å². The fourth-order valence-corrected chi connectivity index (χ4v) is 3.19. The Labute approximate surface area is 139 Å². The van der Waals surface area contributed by atoms with Gasteiger partial charge in [-0.15, -0.1) is 11.3 Å². The van der Waals surface area contributed by atoms with Gasteiger partial charge >= 0.3 is 5.97 Å². The highest BCUT2D eigenvalue weighted by molar-refractivity contribution is 7.17. The first kappa shape index (κ1) is 17.3. The zero-order valence-corrected chi connectivity index (χ0v) is 14.4. The van der Waals surface area contributed by atoms with Crippen molar-refractivity contribution in [3.63, 3.8) is 0 Å². The minimum atomic E-state index is -0.899. The fourth-order valence-electron chi connectivity index (χ4n) is 2.26. The molecule has 0 atom stereocenters. The third kappa shape index (κ3) is 4.69. The molecule has 2 aromatic rings. The highest BCUT2D eigenvalue weighted by Crippen LogP contribution is 2.30. The number of carboxylic acids is 1. The monoisotopic (exact) mass is 335 g/mol. The number of rotatable bonds is 7. The van der Waals surface area contributed by atoms with Crippen LogP contribution in [0.5, 0.6) is 0 Å². The van der Waals surface area contributed by atoms with E-state index in [1.807, 2.05) is 39.0 Å². The fraction of sp³-hybridized carbons (Fsp3) is 0.412. The van der Waals surface area contributed by atoms with Gasteiger partial charge in [0.05, 0.1) is 16.2 Å². The second-order valence-corrected chi connectivity index (χ2v) is 6.95. The third-order valence-corrected chi connectivity index (χ3v) is 4.36. The Morgan fingerprint density at radius 1 is 1.26 bits per heavy atom. The maximum Gasteiger partial charge on any atom is 0.305 e. The molecule has 2 heterocycles. The molecule has 1 N–H and O–H groups in total.